The van der Waals surface area contributed by atoms with E-state index in [1.807, 2.05) is 39.8 Å². The van der Waals surface area contributed by atoms with E-state index < -0.39 is 24.0 Å². The minimum atomic E-state index is -1.06. The summed E-state index contributed by atoms with van der Waals surface area (Å²) >= 11 is 6.28. The number of hydrogen-bond acceptors (Lipinski definition) is 3. The summed E-state index contributed by atoms with van der Waals surface area (Å²) in [5.74, 6) is 0. The third-order valence-electron chi connectivity index (χ3n) is 4.68. The molecule has 0 atom stereocenters. The predicted octanol–water partition coefficient (Wildman–Crippen LogP) is 5.24. The lowest BCUT2D eigenvalue weighted by Gasteiger charge is -2.32. The first-order valence-corrected chi connectivity index (χ1v) is 8.75. The second-order valence-corrected chi connectivity index (χ2v) is 7.42. The highest BCUT2D eigenvalue weighted by molar-refractivity contribution is 6.55. The van der Waals surface area contributed by atoms with Gasteiger partial charge in [-0.15, -0.1) is 6.58 Å². The fourth-order valence-electron chi connectivity index (χ4n) is 2.52. The maximum atomic E-state index is 15.3. The zero-order chi connectivity index (χ0) is 18.7. The summed E-state index contributed by atoms with van der Waals surface area (Å²) in [5.41, 5.74) is -0.624. The van der Waals surface area contributed by atoms with Gasteiger partial charge in [-0.05, 0) is 51.3 Å². The Hall–Kier alpha value is -1.14. The Kier molecular flexibility index (Phi) is 6.49. The lowest BCUT2D eigenvalue weighted by atomic mass is 9.82. The standard InChI is InChI=1S/C19H25BClFO3/c1-6-12-23-13-11-15(14-9-7-8-10-16(14)21)17(22)20-24-18(2,3)19(4,5)25-20/h6-10H,1,11-13H2,2-5H3. The number of halogens is 2. The van der Waals surface area contributed by atoms with Crippen molar-refractivity contribution in [1.29, 1.82) is 0 Å². The minimum absolute atomic E-state index is 0.347. The highest BCUT2D eigenvalue weighted by Crippen LogP contribution is 2.41. The molecule has 1 saturated heterocycles. The molecule has 0 saturated carbocycles. The number of benzene rings is 1. The Morgan fingerprint density at radius 1 is 1.24 bits per heavy atom. The average molecular weight is 367 g/mol. The quantitative estimate of drug-likeness (QED) is 0.375. The van der Waals surface area contributed by atoms with Crippen LogP contribution in [0.3, 0.4) is 0 Å². The zero-order valence-corrected chi connectivity index (χ0v) is 16.0. The normalized spacial score (nSPS) is 19.7. The van der Waals surface area contributed by atoms with Crippen LogP contribution < -0.4 is 0 Å². The van der Waals surface area contributed by atoms with Gasteiger partial charge < -0.3 is 14.0 Å². The van der Waals surface area contributed by atoms with E-state index in [9.17, 15) is 0 Å². The lowest BCUT2D eigenvalue weighted by Crippen LogP contribution is -2.41. The topological polar surface area (TPSA) is 27.7 Å². The number of hydrogen-bond donors (Lipinski definition) is 0. The molecule has 6 heteroatoms. The van der Waals surface area contributed by atoms with Crippen LogP contribution in [0.25, 0.3) is 5.57 Å². The van der Waals surface area contributed by atoms with Gasteiger partial charge in [-0.2, -0.15) is 0 Å². The van der Waals surface area contributed by atoms with Crippen LogP contribution in [0.15, 0.2) is 42.6 Å². The number of ether oxygens (including phenoxy) is 1. The van der Waals surface area contributed by atoms with E-state index in [1.165, 1.54) is 0 Å². The summed E-state index contributed by atoms with van der Waals surface area (Å²) in [5, 5.41) is 0.480. The second kappa shape index (κ2) is 8.04. The van der Waals surface area contributed by atoms with E-state index in [0.717, 1.165) is 0 Å². The summed E-state index contributed by atoms with van der Waals surface area (Å²) in [6.45, 7) is 11.9. The van der Waals surface area contributed by atoms with Gasteiger partial charge in [0.25, 0.3) is 0 Å². The molecule has 25 heavy (non-hydrogen) atoms. The first-order chi connectivity index (χ1) is 11.7. The number of rotatable bonds is 7. The molecule has 136 valence electrons. The minimum Gasteiger partial charge on any atom is -0.398 e. The summed E-state index contributed by atoms with van der Waals surface area (Å²) in [7, 11) is -1.06. The Balaban J connectivity index is 2.34. The van der Waals surface area contributed by atoms with Crippen LogP contribution in [-0.2, 0) is 14.0 Å². The van der Waals surface area contributed by atoms with Crippen molar-refractivity contribution in [3.63, 3.8) is 0 Å². The van der Waals surface area contributed by atoms with E-state index in [-0.39, 0.29) is 0 Å². The molecule has 0 unspecified atom stereocenters. The molecule has 1 aliphatic heterocycles. The molecule has 0 bridgehead atoms. The van der Waals surface area contributed by atoms with Crippen molar-refractivity contribution in [3.8, 4) is 0 Å². The molecule has 0 aliphatic carbocycles. The van der Waals surface area contributed by atoms with Crippen LogP contribution in [-0.4, -0.2) is 31.5 Å². The van der Waals surface area contributed by atoms with Crippen molar-refractivity contribution in [3.05, 3.63) is 53.2 Å². The van der Waals surface area contributed by atoms with Crippen molar-refractivity contribution in [1.82, 2.24) is 0 Å². The maximum absolute atomic E-state index is 15.3. The third kappa shape index (κ3) is 4.53. The largest absolute Gasteiger partial charge is 0.525 e. The Morgan fingerprint density at radius 2 is 1.84 bits per heavy atom. The highest BCUT2D eigenvalue weighted by Gasteiger charge is 2.53. The van der Waals surface area contributed by atoms with Gasteiger partial charge in [0.15, 0.2) is 0 Å². The summed E-state index contributed by atoms with van der Waals surface area (Å²) in [6, 6.07) is 7.16. The van der Waals surface area contributed by atoms with Crippen molar-refractivity contribution in [2.75, 3.05) is 13.2 Å². The van der Waals surface area contributed by atoms with Gasteiger partial charge in [0.05, 0.1) is 24.4 Å². The third-order valence-corrected chi connectivity index (χ3v) is 5.01. The average Bonchev–Trinajstić information content (AvgIpc) is 2.76. The molecule has 3 nitrogen and oxygen atoms in total. The van der Waals surface area contributed by atoms with E-state index in [1.54, 1.807) is 18.2 Å². The molecule has 1 aromatic carbocycles. The monoisotopic (exact) mass is 366 g/mol. The van der Waals surface area contributed by atoms with Gasteiger partial charge in [0, 0.05) is 5.02 Å². The fourth-order valence-corrected chi connectivity index (χ4v) is 2.77. The molecule has 0 aromatic heterocycles. The fraction of sp³-hybridized carbons (Fsp3) is 0.474. The van der Waals surface area contributed by atoms with Crippen LogP contribution in [0.2, 0.25) is 5.02 Å². The van der Waals surface area contributed by atoms with Crippen LogP contribution in [0.1, 0.15) is 39.7 Å². The van der Waals surface area contributed by atoms with Crippen molar-refractivity contribution in [2.24, 2.45) is 0 Å². The van der Waals surface area contributed by atoms with E-state index in [2.05, 4.69) is 6.58 Å². The molecule has 0 N–H and O–H groups in total. The van der Waals surface area contributed by atoms with Gasteiger partial charge >= 0.3 is 7.12 Å². The van der Waals surface area contributed by atoms with E-state index in [4.69, 9.17) is 25.6 Å². The molecule has 1 aliphatic rings. The Morgan fingerprint density at radius 3 is 2.40 bits per heavy atom. The van der Waals surface area contributed by atoms with Crippen molar-refractivity contribution < 1.29 is 18.4 Å². The molecular weight excluding hydrogens is 341 g/mol. The zero-order valence-electron chi connectivity index (χ0n) is 15.3. The van der Waals surface area contributed by atoms with Gasteiger partial charge in [-0.1, -0.05) is 35.9 Å². The highest BCUT2D eigenvalue weighted by atomic mass is 35.5. The van der Waals surface area contributed by atoms with Crippen molar-refractivity contribution in [2.45, 2.75) is 45.3 Å². The van der Waals surface area contributed by atoms with Gasteiger partial charge in [-0.25, -0.2) is 4.39 Å². The molecule has 1 heterocycles. The van der Waals surface area contributed by atoms with Crippen LogP contribution in [0.4, 0.5) is 4.39 Å². The second-order valence-electron chi connectivity index (χ2n) is 7.01. The Labute approximate surface area is 154 Å². The van der Waals surface area contributed by atoms with E-state index >= 15 is 4.39 Å². The smallest absolute Gasteiger partial charge is 0.398 e. The summed E-state index contributed by atoms with van der Waals surface area (Å²) < 4.78 is 32.4. The van der Waals surface area contributed by atoms with Crippen LogP contribution in [0.5, 0.6) is 0 Å². The molecule has 1 aromatic rings. The summed E-state index contributed by atoms with van der Waals surface area (Å²) in [4.78, 5) is 0. The SMILES string of the molecule is C=CCOCCC(=C(F)B1OC(C)(C)C(C)(C)O1)c1ccccc1Cl. The molecule has 0 radical (unpaired) electrons. The van der Waals surface area contributed by atoms with Gasteiger partial charge in [-0.3, -0.25) is 0 Å². The molecule has 0 spiro atoms. The van der Waals surface area contributed by atoms with Crippen molar-refractivity contribution >= 4 is 24.3 Å². The van der Waals surface area contributed by atoms with Crippen LogP contribution in [0, 0.1) is 0 Å². The molecular formula is C19H25BClFO3. The molecule has 1 fully saturated rings. The van der Waals surface area contributed by atoms with Crippen LogP contribution >= 0.6 is 11.6 Å². The first kappa shape index (κ1) is 20.2. The van der Waals surface area contributed by atoms with Gasteiger partial charge in [0.1, 0.15) is 5.73 Å². The first-order valence-electron chi connectivity index (χ1n) is 8.37. The maximum Gasteiger partial charge on any atom is 0.525 e. The lowest BCUT2D eigenvalue weighted by molar-refractivity contribution is 0.00578. The van der Waals surface area contributed by atoms with Gasteiger partial charge in [0.2, 0.25) is 0 Å². The van der Waals surface area contributed by atoms with E-state index in [0.29, 0.717) is 35.8 Å². The predicted molar refractivity (Wildman–Crippen MR) is 101 cm³/mol. The summed E-state index contributed by atoms with van der Waals surface area (Å²) in [6.07, 6.45) is 2.01. The molecule has 0 amide bonds. The molecule has 2 rings (SSSR count). The Bertz CT molecular complexity index is 642.